The van der Waals surface area contributed by atoms with Crippen molar-refractivity contribution in [3.63, 3.8) is 0 Å². The molecule has 0 bridgehead atoms. The number of nitrogens with two attached hydrogens (primary N) is 1. The summed E-state index contributed by atoms with van der Waals surface area (Å²) in [6, 6.07) is 7.59. The predicted octanol–water partition coefficient (Wildman–Crippen LogP) is 4.18. The van der Waals surface area contributed by atoms with Crippen LogP contribution in [0.15, 0.2) is 24.3 Å². The fourth-order valence-corrected chi connectivity index (χ4v) is 3.09. The highest BCUT2D eigenvalue weighted by atomic mass is 16.5. The normalized spacial score (nSPS) is 12.7. The number of para-hydroxylation sites is 2. The van der Waals surface area contributed by atoms with Crippen LogP contribution in [0, 0.1) is 5.92 Å². The first-order valence-electron chi connectivity index (χ1n) is 10.3. The summed E-state index contributed by atoms with van der Waals surface area (Å²) in [4.78, 5) is 22.3. The number of ether oxygens (including phenoxy) is 2. The molecule has 0 saturated carbocycles. The fraction of sp³-hybridized carbons (Fsp3) is 0.500. The zero-order valence-corrected chi connectivity index (χ0v) is 17.6. The Labute approximate surface area is 171 Å². The Morgan fingerprint density at radius 1 is 1.17 bits per heavy atom. The molecule has 2 aromatic heterocycles. The third kappa shape index (κ3) is 4.67. The van der Waals surface area contributed by atoms with Gasteiger partial charge in [0.15, 0.2) is 5.65 Å². The zero-order chi connectivity index (χ0) is 21.0. The number of esters is 1. The lowest BCUT2D eigenvalue weighted by Crippen LogP contribution is -2.14. The summed E-state index contributed by atoms with van der Waals surface area (Å²) in [5, 5.41) is 0. The van der Waals surface area contributed by atoms with Gasteiger partial charge < -0.3 is 19.8 Å². The maximum atomic E-state index is 12.9. The highest BCUT2D eigenvalue weighted by Gasteiger charge is 2.25. The van der Waals surface area contributed by atoms with Crippen molar-refractivity contribution in [2.24, 2.45) is 5.92 Å². The lowest BCUT2D eigenvalue weighted by atomic mass is 10.1. The molecule has 0 radical (unpaired) electrons. The van der Waals surface area contributed by atoms with E-state index < -0.39 is 5.97 Å². The molecule has 1 atom stereocenters. The summed E-state index contributed by atoms with van der Waals surface area (Å²) >= 11 is 0. The van der Waals surface area contributed by atoms with E-state index in [9.17, 15) is 4.79 Å². The minimum atomic E-state index is -0.449. The molecule has 0 aliphatic rings. The van der Waals surface area contributed by atoms with Crippen LogP contribution in [0.1, 0.15) is 50.9 Å². The molecule has 2 heterocycles. The van der Waals surface area contributed by atoms with Gasteiger partial charge in [-0.3, -0.25) is 0 Å². The second-order valence-electron chi connectivity index (χ2n) is 7.68. The number of aromatic nitrogens is 3. The summed E-state index contributed by atoms with van der Waals surface area (Å²) in [7, 11) is 0. The second kappa shape index (κ2) is 9.22. The number of anilines is 1. The van der Waals surface area contributed by atoms with Crippen LogP contribution in [0.5, 0.6) is 0 Å². The van der Waals surface area contributed by atoms with Crippen LogP contribution in [-0.2, 0) is 16.0 Å². The predicted molar refractivity (Wildman–Crippen MR) is 115 cm³/mol. The van der Waals surface area contributed by atoms with Gasteiger partial charge in [0.25, 0.3) is 0 Å². The molecule has 0 amide bonds. The molecule has 0 fully saturated rings. The minimum Gasteiger partial charge on any atom is -0.462 e. The van der Waals surface area contributed by atoms with Crippen LogP contribution in [0.4, 0.5) is 5.82 Å². The second-order valence-corrected chi connectivity index (χ2v) is 7.68. The number of carbonyl (C=O) groups excluding carboxylic acids is 1. The van der Waals surface area contributed by atoms with Crippen molar-refractivity contribution in [1.82, 2.24) is 14.5 Å². The van der Waals surface area contributed by atoms with E-state index in [1.54, 1.807) is 0 Å². The average Bonchev–Trinajstić information content (AvgIpc) is 2.97. The van der Waals surface area contributed by atoms with Gasteiger partial charge >= 0.3 is 5.97 Å². The van der Waals surface area contributed by atoms with E-state index in [1.165, 1.54) is 0 Å². The Morgan fingerprint density at radius 3 is 2.52 bits per heavy atom. The minimum absolute atomic E-state index is 0.170. The van der Waals surface area contributed by atoms with E-state index in [0.29, 0.717) is 42.3 Å². The molecule has 0 saturated heterocycles. The molecule has 2 N–H and O–H groups in total. The fourth-order valence-electron chi connectivity index (χ4n) is 3.09. The number of nitrogens with zero attached hydrogens (tertiary/aromatic N) is 3. The van der Waals surface area contributed by atoms with Gasteiger partial charge in [-0.2, -0.15) is 0 Å². The van der Waals surface area contributed by atoms with Crippen molar-refractivity contribution in [2.75, 3.05) is 18.9 Å². The molecule has 7 heteroatoms. The number of hydrogen-bond acceptors (Lipinski definition) is 6. The first-order chi connectivity index (χ1) is 13.9. The van der Waals surface area contributed by atoms with Crippen LogP contribution < -0.4 is 5.73 Å². The molecule has 7 nitrogen and oxygen atoms in total. The summed E-state index contributed by atoms with van der Waals surface area (Å²) in [6.07, 6.45) is 1.86. The topological polar surface area (TPSA) is 92.3 Å². The van der Waals surface area contributed by atoms with E-state index in [-0.39, 0.29) is 12.0 Å². The van der Waals surface area contributed by atoms with E-state index >= 15 is 0 Å². The molecule has 0 aliphatic heterocycles. The Kier molecular flexibility index (Phi) is 6.69. The molecule has 3 rings (SSSR count). The standard InChI is InChI=1S/C22H30N4O3/c1-5-15(4)13-29-22(27)18-19-21(25-17-10-7-6-9-16(17)24-19)26(20(18)23)11-8-12-28-14(2)3/h6-7,9-10,14-15H,5,8,11-13,23H2,1-4H3. The first kappa shape index (κ1) is 21.0. The van der Waals surface area contributed by atoms with E-state index in [0.717, 1.165) is 23.9 Å². The van der Waals surface area contributed by atoms with E-state index in [2.05, 4.69) is 11.9 Å². The molecule has 1 aromatic carbocycles. The molecule has 1 unspecified atom stereocenters. The third-order valence-corrected chi connectivity index (χ3v) is 4.97. The van der Waals surface area contributed by atoms with Crippen molar-refractivity contribution >= 4 is 34.0 Å². The lowest BCUT2D eigenvalue weighted by molar-refractivity contribution is 0.0450. The van der Waals surface area contributed by atoms with Crippen molar-refractivity contribution in [2.45, 2.75) is 53.2 Å². The third-order valence-electron chi connectivity index (χ3n) is 4.97. The highest BCUT2D eigenvalue weighted by Crippen LogP contribution is 2.29. The summed E-state index contributed by atoms with van der Waals surface area (Å²) in [6.45, 7) is 9.65. The summed E-state index contributed by atoms with van der Waals surface area (Å²) in [5.74, 6) is 0.178. The Hall–Kier alpha value is -2.67. The first-order valence-corrected chi connectivity index (χ1v) is 10.3. The van der Waals surface area contributed by atoms with Gasteiger partial charge in [-0.15, -0.1) is 0 Å². The molecule has 29 heavy (non-hydrogen) atoms. The van der Waals surface area contributed by atoms with Crippen LogP contribution in [0.25, 0.3) is 22.2 Å². The van der Waals surface area contributed by atoms with Crippen LogP contribution in [0.3, 0.4) is 0 Å². The van der Waals surface area contributed by atoms with Crippen LogP contribution >= 0.6 is 0 Å². The maximum Gasteiger partial charge on any atom is 0.344 e. The van der Waals surface area contributed by atoms with E-state index in [4.69, 9.17) is 20.2 Å². The quantitative estimate of drug-likeness (QED) is 0.429. The number of hydrogen-bond donors (Lipinski definition) is 1. The number of benzene rings is 1. The Balaban J connectivity index is 2.00. The van der Waals surface area contributed by atoms with Crippen molar-refractivity contribution in [3.05, 3.63) is 29.8 Å². The number of fused-ring (bicyclic) bond motifs is 2. The van der Waals surface area contributed by atoms with Gasteiger partial charge in [-0.25, -0.2) is 14.8 Å². The van der Waals surface area contributed by atoms with Gasteiger partial charge in [-0.05, 0) is 38.3 Å². The number of rotatable bonds is 9. The van der Waals surface area contributed by atoms with Gasteiger partial charge in [0.2, 0.25) is 0 Å². The van der Waals surface area contributed by atoms with Gasteiger partial charge in [-0.1, -0.05) is 32.4 Å². The Bertz CT molecular complexity index is 997. The maximum absolute atomic E-state index is 12.9. The Morgan fingerprint density at radius 2 is 1.86 bits per heavy atom. The number of aryl methyl sites for hydroxylation is 1. The van der Waals surface area contributed by atoms with Gasteiger partial charge in [0.1, 0.15) is 16.9 Å². The monoisotopic (exact) mass is 398 g/mol. The van der Waals surface area contributed by atoms with Gasteiger partial charge in [0, 0.05) is 13.2 Å². The SMILES string of the molecule is CCC(C)COC(=O)c1c(N)n(CCCOC(C)C)c2nc3ccccc3nc12. The molecule has 156 valence electrons. The number of nitrogen functional groups attached to an aromatic ring is 1. The van der Waals surface area contributed by atoms with Crippen molar-refractivity contribution in [3.8, 4) is 0 Å². The smallest absolute Gasteiger partial charge is 0.344 e. The van der Waals surface area contributed by atoms with E-state index in [1.807, 2.05) is 49.6 Å². The highest BCUT2D eigenvalue weighted by molar-refractivity contribution is 6.08. The molecular weight excluding hydrogens is 368 g/mol. The molecule has 0 aliphatic carbocycles. The van der Waals surface area contributed by atoms with Crippen LogP contribution in [0.2, 0.25) is 0 Å². The van der Waals surface area contributed by atoms with Crippen molar-refractivity contribution < 1.29 is 14.3 Å². The summed E-state index contributed by atoms with van der Waals surface area (Å²) < 4.78 is 13.0. The molecule has 0 spiro atoms. The molecular formula is C22H30N4O3. The zero-order valence-electron chi connectivity index (χ0n) is 17.6. The largest absolute Gasteiger partial charge is 0.462 e. The average molecular weight is 399 g/mol. The molecule has 3 aromatic rings. The van der Waals surface area contributed by atoms with Crippen molar-refractivity contribution in [1.29, 1.82) is 0 Å². The lowest BCUT2D eigenvalue weighted by Gasteiger charge is -2.11. The summed E-state index contributed by atoms with van der Waals surface area (Å²) in [5.41, 5.74) is 9.26. The number of carbonyl (C=O) groups is 1. The van der Waals surface area contributed by atoms with Gasteiger partial charge in [0.05, 0.1) is 23.7 Å². The van der Waals surface area contributed by atoms with Crippen LogP contribution in [-0.4, -0.2) is 39.8 Å².